The highest BCUT2D eigenvalue weighted by Gasteiger charge is 2.50. The number of carbonyl (C=O) groups excluding carboxylic acids is 3. The number of anilines is 1. The normalized spacial score (nSPS) is 22.2. The lowest BCUT2D eigenvalue weighted by molar-refractivity contribution is -0.873. The minimum absolute atomic E-state index is 0.0173. The number of imidazole rings is 1. The molecule has 1 aliphatic heterocycles. The van der Waals surface area contributed by atoms with E-state index in [9.17, 15) is 63.0 Å². The SMILES string of the molecule is CC(C)(COP(=O)([O-])OP(=O)(O)OC[C@H]1O[C@@H](n2cnc3c(N)ncnc32)[C@H](O)[C@@H]1OP(=O)(O)O)[C@@H](O)C(=O)NCCC(=O)NCCSC(=O)C[C@@H](O)C[N+](C)(C)C. The number of fused-ring (bicyclic) bond motifs is 1. The van der Waals surface area contributed by atoms with Gasteiger partial charge in [0.1, 0.15) is 48.9 Å². The van der Waals surface area contributed by atoms with Gasteiger partial charge >= 0.3 is 15.6 Å². The van der Waals surface area contributed by atoms with E-state index < -0.39 is 90.7 Å². The molecule has 0 aliphatic carbocycles. The molecule has 1 fully saturated rings. The number of carbonyl (C=O) groups is 3. The lowest BCUT2D eigenvalue weighted by Crippen LogP contribution is -2.46. The molecule has 0 spiro atoms. The van der Waals surface area contributed by atoms with E-state index in [-0.39, 0.29) is 53.8 Å². The number of likely N-dealkylation sites (N-methyl/N-ethyl adjacent to an activating group) is 1. The number of thioether (sulfide) groups is 1. The molecule has 3 heterocycles. The Morgan fingerprint density at radius 3 is 2.40 bits per heavy atom. The average molecular weight is 911 g/mol. The monoisotopic (exact) mass is 910 g/mol. The summed E-state index contributed by atoms with van der Waals surface area (Å²) in [5.41, 5.74) is 4.17. The highest BCUT2D eigenvalue weighted by atomic mass is 32.2. The maximum absolute atomic E-state index is 12.6. The molecule has 2 aromatic heterocycles. The molecule has 2 aromatic rings. The Kier molecular flexibility index (Phi) is 17.5. The minimum Gasteiger partial charge on any atom is -0.756 e. The number of hydrogen-bond donors (Lipinski definition) is 9. The predicted octanol–water partition coefficient (Wildman–Crippen LogP) is -2.51. The van der Waals surface area contributed by atoms with Crippen molar-refractivity contribution in [1.29, 1.82) is 0 Å². The third kappa shape index (κ3) is 15.8. The zero-order valence-corrected chi connectivity index (χ0v) is 35.4. The summed E-state index contributed by atoms with van der Waals surface area (Å²) in [5, 5.41) is 36.1. The number of nitrogen functional groups attached to an aromatic ring is 1. The number of nitrogens with one attached hydrogen (secondary N) is 2. The van der Waals surface area contributed by atoms with Crippen LogP contribution >= 0.6 is 35.2 Å². The molecule has 2 unspecified atom stereocenters. The first-order valence-corrected chi connectivity index (χ1v) is 22.6. The fourth-order valence-electron chi connectivity index (χ4n) is 5.24. The Morgan fingerprint density at radius 1 is 1.09 bits per heavy atom. The molecule has 1 aliphatic rings. The fourth-order valence-corrected chi connectivity index (χ4v) is 8.77. The van der Waals surface area contributed by atoms with Gasteiger partial charge in [-0.05, 0) is 0 Å². The number of aliphatic hydroxyl groups is 3. The number of phosphoric acid groups is 3. The highest BCUT2D eigenvalue weighted by Crippen LogP contribution is 2.59. The van der Waals surface area contributed by atoms with Gasteiger partial charge in [0.15, 0.2) is 22.8 Å². The molecule has 0 radical (unpaired) electrons. The summed E-state index contributed by atoms with van der Waals surface area (Å²) in [4.78, 5) is 90.0. The van der Waals surface area contributed by atoms with E-state index in [4.69, 9.17) is 15.0 Å². The second-order valence-corrected chi connectivity index (χ2v) is 19.9. The zero-order chi connectivity index (χ0) is 43.9. The van der Waals surface area contributed by atoms with Gasteiger partial charge in [-0.1, -0.05) is 25.6 Å². The van der Waals surface area contributed by atoms with Gasteiger partial charge < -0.3 is 65.0 Å². The zero-order valence-electron chi connectivity index (χ0n) is 31.9. The number of quaternary nitrogens is 1. The van der Waals surface area contributed by atoms with Crippen molar-refractivity contribution in [3.63, 3.8) is 0 Å². The molecule has 58 heavy (non-hydrogen) atoms. The first-order valence-electron chi connectivity index (χ1n) is 17.1. The van der Waals surface area contributed by atoms with Crippen LogP contribution in [0.15, 0.2) is 12.7 Å². The summed E-state index contributed by atoms with van der Waals surface area (Å²) in [6, 6.07) is 0. The second-order valence-electron chi connectivity index (χ2n) is 14.6. The van der Waals surface area contributed by atoms with Gasteiger partial charge in [-0.25, -0.2) is 28.4 Å². The van der Waals surface area contributed by atoms with Crippen LogP contribution in [0.2, 0.25) is 0 Å². The molecule has 0 saturated carbocycles. The quantitative estimate of drug-likeness (QED) is 0.0316. The fraction of sp³-hybridized carbons (Fsp3) is 0.714. The van der Waals surface area contributed by atoms with Crippen LogP contribution < -0.4 is 21.3 Å². The van der Waals surface area contributed by atoms with E-state index in [0.29, 0.717) is 11.0 Å². The van der Waals surface area contributed by atoms with Crippen LogP contribution in [-0.2, 0) is 50.7 Å². The Hall–Kier alpha value is -2.52. The van der Waals surface area contributed by atoms with Gasteiger partial charge in [-0.2, -0.15) is 0 Å². The number of amides is 2. The van der Waals surface area contributed by atoms with Crippen LogP contribution in [0, 0.1) is 5.41 Å². The second kappa shape index (κ2) is 20.4. The van der Waals surface area contributed by atoms with Crippen molar-refractivity contribution in [2.75, 3.05) is 65.5 Å². The molecule has 0 bridgehead atoms. The lowest BCUT2D eigenvalue weighted by atomic mass is 9.87. The minimum atomic E-state index is -5.76. The van der Waals surface area contributed by atoms with Crippen molar-refractivity contribution in [2.24, 2.45) is 5.41 Å². The molecule has 30 heteroatoms. The third-order valence-electron chi connectivity index (χ3n) is 7.92. The Balaban J connectivity index is 1.46. The molecular formula is C28H49N8O18P3S. The lowest BCUT2D eigenvalue weighted by Gasteiger charge is -2.32. The smallest absolute Gasteiger partial charge is 0.478 e. The van der Waals surface area contributed by atoms with Crippen molar-refractivity contribution in [3.8, 4) is 0 Å². The molecule has 3 rings (SSSR count). The van der Waals surface area contributed by atoms with E-state index >= 15 is 0 Å². The topological polar surface area (TPSA) is 387 Å². The molecule has 0 aromatic carbocycles. The van der Waals surface area contributed by atoms with Crippen LogP contribution in [0.1, 0.15) is 32.9 Å². The van der Waals surface area contributed by atoms with E-state index in [1.54, 1.807) is 0 Å². The van der Waals surface area contributed by atoms with Gasteiger partial charge in [0, 0.05) is 37.1 Å². The summed E-state index contributed by atoms with van der Waals surface area (Å²) in [5.74, 6) is -1.30. The highest BCUT2D eigenvalue weighted by molar-refractivity contribution is 8.13. The Morgan fingerprint density at radius 2 is 1.76 bits per heavy atom. The number of phosphoric ester groups is 3. The summed E-state index contributed by atoms with van der Waals surface area (Å²) >= 11 is 0.953. The maximum Gasteiger partial charge on any atom is 0.478 e. The standard InChI is InChI=1S/C28H49N8O18P3S/c1-28(2,23(41)26(42)31-7-6-18(38)30-8-9-58-19(39)10-16(37)11-36(3,4)5)13-51-57(48,49)54-56(46,47)50-12-17-22(53-55(43,44)45)21(40)27(52-17)35-15-34-20-24(29)32-14-33-25(20)35/h14-17,21-23,27,37,40-41H,6-13H2,1-5H3,(H7-,29,30,31,32,33,38,42,43,44,45,46,47,48,49)/t16-,17-,21-,22-,23+,27-/m1/s1. The molecule has 2 amide bonds. The van der Waals surface area contributed by atoms with E-state index in [1.807, 2.05) is 21.1 Å². The summed E-state index contributed by atoms with van der Waals surface area (Å²) in [6.45, 7) is 0.580. The van der Waals surface area contributed by atoms with Crippen molar-refractivity contribution >= 4 is 69.1 Å². The number of nitrogens with zero attached hydrogens (tertiary/aromatic N) is 5. The summed E-state index contributed by atoms with van der Waals surface area (Å²) in [7, 11) is -11.1. The first kappa shape index (κ1) is 49.8. The van der Waals surface area contributed by atoms with E-state index in [0.717, 1.165) is 29.0 Å². The largest absolute Gasteiger partial charge is 0.756 e. The van der Waals surface area contributed by atoms with Crippen molar-refractivity contribution in [3.05, 3.63) is 12.7 Å². The average Bonchev–Trinajstić information content (AvgIpc) is 3.63. The Labute approximate surface area is 335 Å². The van der Waals surface area contributed by atoms with Crippen LogP contribution in [0.5, 0.6) is 0 Å². The van der Waals surface area contributed by atoms with Crippen molar-refractivity contribution in [1.82, 2.24) is 30.2 Å². The van der Waals surface area contributed by atoms with Crippen molar-refractivity contribution < 1.29 is 90.1 Å². The maximum atomic E-state index is 12.6. The van der Waals surface area contributed by atoms with E-state index in [2.05, 4.69) is 38.9 Å². The van der Waals surface area contributed by atoms with Crippen LogP contribution in [0.4, 0.5) is 5.82 Å². The number of nitrogens with two attached hydrogens (primary N) is 1. The number of rotatable bonds is 23. The number of aliphatic hydroxyl groups excluding tert-OH is 3. The number of aromatic nitrogens is 4. The predicted molar refractivity (Wildman–Crippen MR) is 198 cm³/mol. The van der Waals surface area contributed by atoms with Gasteiger partial charge in [0.2, 0.25) is 11.8 Å². The summed E-state index contributed by atoms with van der Waals surface area (Å²) in [6.07, 6.45) is -7.95. The molecule has 10 N–H and O–H groups in total. The molecular weight excluding hydrogens is 861 g/mol. The molecule has 330 valence electrons. The van der Waals surface area contributed by atoms with Gasteiger partial charge in [0.05, 0.1) is 40.7 Å². The number of hydrogen-bond acceptors (Lipinski definition) is 20. The summed E-state index contributed by atoms with van der Waals surface area (Å²) < 4.78 is 62.1. The Bertz CT molecular complexity index is 1900. The van der Waals surface area contributed by atoms with Gasteiger partial charge in [-0.15, -0.1) is 0 Å². The van der Waals surface area contributed by atoms with Crippen LogP contribution in [-0.4, -0.2) is 161 Å². The van der Waals surface area contributed by atoms with Gasteiger partial charge in [0.25, 0.3) is 7.82 Å². The van der Waals surface area contributed by atoms with E-state index in [1.165, 1.54) is 13.8 Å². The van der Waals surface area contributed by atoms with Crippen LogP contribution in [0.3, 0.4) is 0 Å². The van der Waals surface area contributed by atoms with Crippen LogP contribution in [0.25, 0.3) is 11.2 Å². The first-order chi connectivity index (χ1) is 26.6. The third-order valence-corrected chi connectivity index (χ3v) is 11.9. The molecule has 26 nitrogen and oxygen atoms in total. The molecule has 8 atom stereocenters. The molecule has 1 saturated heterocycles. The number of ether oxygens (including phenoxy) is 1. The van der Waals surface area contributed by atoms with Crippen molar-refractivity contribution in [2.45, 2.75) is 63.4 Å². The van der Waals surface area contributed by atoms with Gasteiger partial charge in [-0.3, -0.25) is 32.6 Å².